The van der Waals surface area contributed by atoms with E-state index in [1.165, 1.54) is 4.68 Å². The van der Waals surface area contributed by atoms with E-state index in [4.69, 9.17) is 5.73 Å². The molecule has 6 N–H and O–H groups in total. The molecule has 0 unspecified atom stereocenters. The van der Waals surface area contributed by atoms with Gasteiger partial charge in [0.25, 0.3) is 0 Å². The van der Waals surface area contributed by atoms with E-state index >= 15 is 0 Å². The molecule has 0 amide bonds. The quantitative estimate of drug-likeness (QED) is 0.417. The number of aromatic nitrogens is 2. The highest BCUT2D eigenvalue weighted by molar-refractivity contribution is 5.65. The average Bonchev–Trinajstić information content (AvgIpc) is 2.52. The molecule has 7 heteroatoms. The molecule has 1 aromatic rings. The van der Waals surface area contributed by atoms with Crippen molar-refractivity contribution in [2.45, 2.75) is 12.5 Å². The molecule has 0 aliphatic carbocycles. The molecular formula is C9H18N4O3. The molecular weight excluding hydrogens is 212 g/mol. The van der Waals surface area contributed by atoms with E-state index in [0.29, 0.717) is 17.2 Å². The second-order valence-corrected chi connectivity index (χ2v) is 3.85. The molecule has 0 aliphatic heterocycles. The second-order valence-electron chi connectivity index (χ2n) is 3.85. The number of aryl methyl sites for hydroxylation is 2. The van der Waals surface area contributed by atoms with Gasteiger partial charge < -0.3 is 26.4 Å². The SMILES string of the molecule is Cc1nn(C)c(NC(CO)(CO)CO)c1N. The minimum absolute atomic E-state index is 0.413. The first-order chi connectivity index (χ1) is 7.49. The van der Waals surface area contributed by atoms with Gasteiger partial charge in [-0.1, -0.05) is 0 Å². The maximum Gasteiger partial charge on any atom is 0.148 e. The van der Waals surface area contributed by atoms with E-state index in [9.17, 15) is 15.3 Å². The van der Waals surface area contributed by atoms with E-state index < -0.39 is 25.4 Å². The molecule has 0 saturated carbocycles. The highest BCUT2D eigenvalue weighted by atomic mass is 16.3. The third kappa shape index (κ3) is 2.11. The summed E-state index contributed by atoms with van der Waals surface area (Å²) in [4.78, 5) is 0. The fourth-order valence-corrected chi connectivity index (χ4v) is 1.34. The predicted octanol–water partition coefficient (Wildman–Crippen LogP) is -1.56. The van der Waals surface area contributed by atoms with Gasteiger partial charge in [-0.25, -0.2) is 0 Å². The largest absolute Gasteiger partial charge is 0.394 e. The average molecular weight is 230 g/mol. The van der Waals surface area contributed by atoms with Crippen LogP contribution in [0.3, 0.4) is 0 Å². The summed E-state index contributed by atoms with van der Waals surface area (Å²) in [5.74, 6) is 0.467. The van der Waals surface area contributed by atoms with E-state index in [1.54, 1.807) is 14.0 Å². The number of nitrogen functional groups attached to an aromatic ring is 1. The summed E-state index contributed by atoms with van der Waals surface area (Å²) in [5, 5.41) is 34.4. The number of nitrogens with one attached hydrogen (secondary N) is 1. The minimum Gasteiger partial charge on any atom is -0.394 e. The van der Waals surface area contributed by atoms with E-state index in [2.05, 4.69) is 10.4 Å². The zero-order valence-corrected chi connectivity index (χ0v) is 9.43. The third-order valence-corrected chi connectivity index (χ3v) is 2.56. The van der Waals surface area contributed by atoms with Crippen molar-refractivity contribution in [3.63, 3.8) is 0 Å². The van der Waals surface area contributed by atoms with Crippen molar-refractivity contribution in [2.75, 3.05) is 30.9 Å². The Morgan fingerprint density at radius 2 is 1.81 bits per heavy atom. The summed E-state index contributed by atoms with van der Waals surface area (Å²) in [5.41, 5.74) is 5.66. The molecule has 1 rings (SSSR count). The highest BCUT2D eigenvalue weighted by Gasteiger charge is 2.30. The monoisotopic (exact) mass is 230 g/mol. The Bertz CT molecular complexity index is 352. The van der Waals surface area contributed by atoms with Crippen molar-refractivity contribution in [3.8, 4) is 0 Å². The second kappa shape index (κ2) is 4.69. The zero-order valence-electron chi connectivity index (χ0n) is 9.43. The topological polar surface area (TPSA) is 117 Å². The number of aliphatic hydroxyl groups is 3. The smallest absolute Gasteiger partial charge is 0.148 e. The molecule has 0 radical (unpaired) electrons. The minimum atomic E-state index is -1.20. The van der Waals surface area contributed by atoms with Gasteiger partial charge in [0.05, 0.1) is 31.2 Å². The van der Waals surface area contributed by atoms with Crippen molar-refractivity contribution in [2.24, 2.45) is 7.05 Å². The van der Waals surface area contributed by atoms with Crippen molar-refractivity contribution in [1.29, 1.82) is 0 Å². The maximum atomic E-state index is 9.17. The van der Waals surface area contributed by atoms with Crippen molar-refractivity contribution in [3.05, 3.63) is 5.69 Å². The molecule has 1 aromatic heterocycles. The molecule has 0 aromatic carbocycles. The fourth-order valence-electron chi connectivity index (χ4n) is 1.34. The van der Waals surface area contributed by atoms with Crippen LogP contribution in [0.4, 0.5) is 11.5 Å². The third-order valence-electron chi connectivity index (χ3n) is 2.56. The van der Waals surface area contributed by atoms with Crippen LogP contribution in [0.15, 0.2) is 0 Å². The predicted molar refractivity (Wildman–Crippen MR) is 60.0 cm³/mol. The Morgan fingerprint density at radius 1 is 1.31 bits per heavy atom. The van der Waals surface area contributed by atoms with E-state index in [0.717, 1.165) is 0 Å². The summed E-state index contributed by atoms with van der Waals surface area (Å²) < 4.78 is 1.50. The molecule has 0 atom stereocenters. The van der Waals surface area contributed by atoms with Crippen LogP contribution in [-0.4, -0.2) is 50.5 Å². The molecule has 1 heterocycles. The summed E-state index contributed by atoms with van der Waals surface area (Å²) in [6.45, 7) is 0.510. The molecule has 0 saturated heterocycles. The number of anilines is 2. The lowest BCUT2D eigenvalue weighted by Crippen LogP contribution is -2.49. The summed E-state index contributed by atoms with van der Waals surface area (Å²) in [6.07, 6.45) is 0. The summed E-state index contributed by atoms with van der Waals surface area (Å²) in [7, 11) is 1.68. The zero-order chi connectivity index (χ0) is 12.3. The van der Waals surface area contributed by atoms with Crippen molar-refractivity contribution in [1.82, 2.24) is 9.78 Å². The van der Waals surface area contributed by atoms with Gasteiger partial charge >= 0.3 is 0 Å². The Labute approximate surface area is 93.5 Å². The Hall–Kier alpha value is -1.31. The van der Waals surface area contributed by atoms with Gasteiger partial charge in [-0.2, -0.15) is 5.10 Å². The van der Waals surface area contributed by atoms with Crippen LogP contribution in [0.2, 0.25) is 0 Å². The van der Waals surface area contributed by atoms with Crippen molar-refractivity contribution >= 4 is 11.5 Å². The van der Waals surface area contributed by atoms with Crippen LogP contribution in [0.5, 0.6) is 0 Å². The molecule has 7 nitrogen and oxygen atoms in total. The van der Waals surface area contributed by atoms with Gasteiger partial charge in [-0.15, -0.1) is 0 Å². The van der Waals surface area contributed by atoms with Crippen molar-refractivity contribution < 1.29 is 15.3 Å². The van der Waals surface area contributed by atoms with Gasteiger partial charge in [0.1, 0.15) is 11.4 Å². The number of nitrogens with zero attached hydrogens (tertiary/aromatic N) is 2. The maximum absolute atomic E-state index is 9.17. The molecule has 16 heavy (non-hydrogen) atoms. The Balaban J connectivity index is 3.02. The summed E-state index contributed by atoms with van der Waals surface area (Å²) in [6, 6.07) is 0. The first-order valence-corrected chi connectivity index (χ1v) is 4.89. The molecule has 0 spiro atoms. The van der Waals surface area contributed by atoms with Crippen LogP contribution >= 0.6 is 0 Å². The normalized spacial score (nSPS) is 11.8. The molecule has 0 fully saturated rings. The van der Waals surface area contributed by atoms with Crippen LogP contribution < -0.4 is 11.1 Å². The number of rotatable bonds is 5. The van der Waals surface area contributed by atoms with Gasteiger partial charge in [0, 0.05) is 7.05 Å². The first-order valence-electron chi connectivity index (χ1n) is 4.89. The highest BCUT2D eigenvalue weighted by Crippen LogP contribution is 2.24. The standard InChI is InChI=1S/C9H18N4O3/c1-6-7(10)8(13(2)12-6)11-9(3-14,4-15)5-16/h11,14-16H,3-5,10H2,1-2H3. The number of hydrogen-bond donors (Lipinski definition) is 5. The lowest BCUT2D eigenvalue weighted by molar-refractivity contribution is 0.0829. The number of aliphatic hydroxyl groups excluding tert-OH is 3. The first kappa shape index (κ1) is 12.8. The van der Waals surface area contributed by atoms with Crippen LogP contribution in [-0.2, 0) is 7.05 Å². The summed E-state index contributed by atoms with van der Waals surface area (Å²) >= 11 is 0. The fraction of sp³-hybridized carbons (Fsp3) is 0.667. The van der Waals surface area contributed by atoms with Gasteiger partial charge in [-0.05, 0) is 6.92 Å². The Kier molecular flexibility index (Phi) is 3.74. The Morgan fingerprint density at radius 3 is 2.12 bits per heavy atom. The van der Waals surface area contributed by atoms with Crippen LogP contribution in [0.25, 0.3) is 0 Å². The molecule has 0 bridgehead atoms. The van der Waals surface area contributed by atoms with Gasteiger partial charge in [-0.3, -0.25) is 4.68 Å². The van der Waals surface area contributed by atoms with Gasteiger partial charge in [0.2, 0.25) is 0 Å². The molecule has 92 valence electrons. The van der Waals surface area contributed by atoms with E-state index in [-0.39, 0.29) is 0 Å². The number of hydrogen-bond acceptors (Lipinski definition) is 6. The van der Waals surface area contributed by atoms with Gasteiger partial charge in [0.15, 0.2) is 0 Å². The van der Waals surface area contributed by atoms with E-state index in [1.807, 2.05) is 0 Å². The van der Waals surface area contributed by atoms with Crippen LogP contribution in [0, 0.1) is 6.92 Å². The van der Waals surface area contributed by atoms with Crippen LogP contribution in [0.1, 0.15) is 5.69 Å². The lowest BCUT2D eigenvalue weighted by atomic mass is 10.0. The number of nitrogens with two attached hydrogens (primary N) is 1. The lowest BCUT2D eigenvalue weighted by Gasteiger charge is -2.29. The molecule has 0 aliphatic rings.